The Morgan fingerprint density at radius 1 is 1.39 bits per heavy atom. The maximum absolute atomic E-state index is 12.7. The molecule has 1 unspecified atom stereocenters. The summed E-state index contributed by atoms with van der Waals surface area (Å²) in [7, 11) is 0. The molecule has 0 saturated carbocycles. The topological polar surface area (TPSA) is 83.6 Å². The minimum atomic E-state index is -0.877. The molecule has 1 amide bonds. The Morgan fingerprint density at radius 3 is 2.87 bits per heavy atom. The third kappa shape index (κ3) is 3.11. The van der Waals surface area contributed by atoms with Crippen LogP contribution in [-0.4, -0.2) is 39.5 Å². The van der Waals surface area contributed by atoms with Crippen molar-refractivity contribution in [3.63, 3.8) is 0 Å². The quantitative estimate of drug-likeness (QED) is 0.938. The van der Waals surface area contributed by atoms with Crippen molar-refractivity contribution in [1.82, 2.24) is 9.88 Å². The van der Waals surface area contributed by atoms with Crippen molar-refractivity contribution in [1.29, 1.82) is 0 Å². The zero-order valence-electron chi connectivity index (χ0n) is 12.9. The SMILES string of the molecule is Cc1nc(-c2ccco2)ccc1C(=O)N1CCCC1CC(=O)O. The molecule has 1 saturated heterocycles. The molecular weight excluding hydrogens is 296 g/mol. The van der Waals surface area contributed by atoms with Gasteiger partial charge in [-0.15, -0.1) is 0 Å². The summed E-state index contributed by atoms with van der Waals surface area (Å²) in [6, 6.07) is 6.85. The number of nitrogens with zero attached hydrogens (tertiary/aromatic N) is 2. The van der Waals surface area contributed by atoms with Crippen LogP contribution in [0.5, 0.6) is 0 Å². The number of aryl methyl sites for hydroxylation is 1. The number of furan rings is 1. The number of pyridine rings is 1. The molecular formula is C17H18N2O4. The first kappa shape index (κ1) is 15.3. The Hall–Kier alpha value is -2.63. The third-order valence-electron chi connectivity index (χ3n) is 4.14. The van der Waals surface area contributed by atoms with Crippen LogP contribution in [-0.2, 0) is 4.79 Å². The van der Waals surface area contributed by atoms with E-state index in [0.717, 1.165) is 12.8 Å². The van der Waals surface area contributed by atoms with Gasteiger partial charge < -0.3 is 14.4 Å². The Balaban J connectivity index is 1.83. The number of carbonyl (C=O) groups excluding carboxylic acids is 1. The van der Waals surface area contributed by atoms with E-state index in [9.17, 15) is 9.59 Å². The largest absolute Gasteiger partial charge is 0.481 e. The molecule has 0 radical (unpaired) electrons. The van der Waals surface area contributed by atoms with E-state index < -0.39 is 5.97 Å². The van der Waals surface area contributed by atoms with Gasteiger partial charge in [-0.1, -0.05) is 0 Å². The molecule has 1 aliphatic rings. The average molecular weight is 314 g/mol. The highest BCUT2D eigenvalue weighted by molar-refractivity contribution is 5.96. The number of aromatic nitrogens is 1. The Morgan fingerprint density at radius 2 is 2.22 bits per heavy atom. The van der Waals surface area contributed by atoms with Gasteiger partial charge in [-0.2, -0.15) is 0 Å². The normalized spacial score (nSPS) is 17.4. The van der Waals surface area contributed by atoms with Crippen LogP contribution in [0.4, 0.5) is 0 Å². The number of amides is 1. The van der Waals surface area contributed by atoms with E-state index in [4.69, 9.17) is 9.52 Å². The molecule has 0 bridgehead atoms. The van der Waals surface area contributed by atoms with Crippen LogP contribution in [0.1, 0.15) is 35.3 Å². The first-order valence-corrected chi connectivity index (χ1v) is 7.60. The summed E-state index contributed by atoms with van der Waals surface area (Å²) in [4.78, 5) is 29.8. The van der Waals surface area contributed by atoms with Crippen molar-refractivity contribution < 1.29 is 19.1 Å². The third-order valence-corrected chi connectivity index (χ3v) is 4.14. The number of carboxylic acids is 1. The van der Waals surface area contributed by atoms with Gasteiger partial charge in [-0.25, -0.2) is 4.98 Å². The maximum atomic E-state index is 12.7. The van der Waals surface area contributed by atoms with Crippen LogP contribution in [0.25, 0.3) is 11.5 Å². The monoisotopic (exact) mass is 314 g/mol. The van der Waals surface area contributed by atoms with Gasteiger partial charge >= 0.3 is 5.97 Å². The predicted molar refractivity (Wildman–Crippen MR) is 83.0 cm³/mol. The number of likely N-dealkylation sites (tertiary alicyclic amines) is 1. The molecule has 3 heterocycles. The van der Waals surface area contributed by atoms with Crippen LogP contribution in [0.2, 0.25) is 0 Å². The van der Waals surface area contributed by atoms with Gasteiger partial charge in [0.05, 0.1) is 23.9 Å². The summed E-state index contributed by atoms with van der Waals surface area (Å²) in [6.45, 7) is 2.37. The lowest BCUT2D eigenvalue weighted by Crippen LogP contribution is -2.37. The average Bonchev–Trinajstić information content (AvgIpc) is 3.17. The van der Waals surface area contributed by atoms with Gasteiger partial charge in [0.15, 0.2) is 5.76 Å². The van der Waals surface area contributed by atoms with E-state index in [1.54, 1.807) is 36.3 Å². The van der Waals surface area contributed by atoms with Crippen molar-refractivity contribution in [3.8, 4) is 11.5 Å². The van der Waals surface area contributed by atoms with E-state index >= 15 is 0 Å². The number of aliphatic carboxylic acids is 1. The summed E-state index contributed by atoms with van der Waals surface area (Å²) in [5.41, 5.74) is 1.80. The number of carbonyl (C=O) groups is 2. The summed E-state index contributed by atoms with van der Waals surface area (Å²) in [6.07, 6.45) is 3.13. The maximum Gasteiger partial charge on any atom is 0.305 e. The van der Waals surface area contributed by atoms with Gasteiger partial charge in [-0.05, 0) is 44.0 Å². The van der Waals surface area contributed by atoms with E-state index in [1.807, 2.05) is 6.07 Å². The summed E-state index contributed by atoms with van der Waals surface area (Å²) >= 11 is 0. The fourth-order valence-corrected chi connectivity index (χ4v) is 3.02. The lowest BCUT2D eigenvalue weighted by Gasteiger charge is -2.24. The molecule has 1 N–H and O–H groups in total. The highest BCUT2D eigenvalue weighted by Crippen LogP contribution is 2.25. The van der Waals surface area contributed by atoms with Gasteiger partial charge in [0.1, 0.15) is 5.69 Å². The van der Waals surface area contributed by atoms with E-state index in [-0.39, 0.29) is 18.4 Å². The standard InChI is InChI=1S/C17H18N2O4/c1-11-13(6-7-14(18-11)15-5-3-9-23-15)17(22)19-8-2-4-12(19)10-16(20)21/h3,5-7,9,12H,2,4,8,10H2,1H3,(H,20,21). The molecule has 2 aromatic rings. The van der Waals surface area contributed by atoms with Crippen LogP contribution >= 0.6 is 0 Å². The molecule has 1 fully saturated rings. The van der Waals surface area contributed by atoms with Crippen molar-refractivity contribution >= 4 is 11.9 Å². The van der Waals surface area contributed by atoms with E-state index in [2.05, 4.69) is 4.98 Å². The van der Waals surface area contributed by atoms with Gasteiger partial charge in [0, 0.05) is 12.6 Å². The molecule has 2 aromatic heterocycles. The number of carboxylic acid groups (broad SMARTS) is 1. The molecule has 1 aliphatic heterocycles. The second-order valence-corrected chi connectivity index (χ2v) is 5.70. The molecule has 3 rings (SSSR count). The Kier molecular flexibility index (Phi) is 4.14. The van der Waals surface area contributed by atoms with Crippen molar-refractivity contribution in [2.24, 2.45) is 0 Å². The molecule has 0 spiro atoms. The molecule has 1 atom stereocenters. The summed E-state index contributed by atoms with van der Waals surface area (Å²) in [5.74, 6) is -0.375. The number of hydrogen-bond acceptors (Lipinski definition) is 4. The second kappa shape index (κ2) is 6.24. The second-order valence-electron chi connectivity index (χ2n) is 5.70. The van der Waals surface area contributed by atoms with E-state index in [1.165, 1.54) is 0 Å². The van der Waals surface area contributed by atoms with Gasteiger partial charge in [0.25, 0.3) is 5.91 Å². The summed E-state index contributed by atoms with van der Waals surface area (Å²) < 4.78 is 5.31. The van der Waals surface area contributed by atoms with Crippen LogP contribution in [0.15, 0.2) is 34.9 Å². The zero-order valence-corrected chi connectivity index (χ0v) is 12.9. The van der Waals surface area contributed by atoms with Crippen LogP contribution in [0.3, 0.4) is 0 Å². The Labute approximate surface area is 133 Å². The highest BCUT2D eigenvalue weighted by Gasteiger charge is 2.31. The molecule has 0 aromatic carbocycles. The van der Waals surface area contributed by atoms with Crippen molar-refractivity contribution in [3.05, 3.63) is 41.8 Å². The first-order valence-electron chi connectivity index (χ1n) is 7.60. The first-order chi connectivity index (χ1) is 11.1. The fourth-order valence-electron chi connectivity index (χ4n) is 3.02. The molecule has 120 valence electrons. The fraction of sp³-hybridized carbons (Fsp3) is 0.353. The molecule has 0 aliphatic carbocycles. The van der Waals surface area contributed by atoms with E-state index in [0.29, 0.717) is 29.3 Å². The minimum Gasteiger partial charge on any atom is -0.481 e. The lowest BCUT2D eigenvalue weighted by molar-refractivity contribution is -0.137. The molecule has 6 heteroatoms. The number of rotatable bonds is 4. The number of hydrogen-bond donors (Lipinski definition) is 1. The van der Waals surface area contributed by atoms with Crippen molar-refractivity contribution in [2.75, 3.05) is 6.54 Å². The van der Waals surface area contributed by atoms with Crippen molar-refractivity contribution in [2.45, 2.75) is 32.2 Å². The predicted octanol–water partition coefficient (Wildman–Crippen LogP) is 2.73. The van der Waals surface area contributed by atoms with Gasteiger partial charge in [0.2, 0.25) is 0 Å². The smallest absolute Gasteiger partial charge is 0.305 e. The summed E-state index contributed by atoms with van der Waals surface area (Å²) in [5, 5.41) is 8.98. The molecule has 23 heavy (non-hydrogen) atoms. The minimum absolute atomic E-state index is 0.0112. The molecule has 6 nitrogen and oxygen atoms in total. The van der Waals surface area contributed by atoms with Crippen LogP contribution in [0, 0.1) is 6.92 Å². The Bertz CT molecular complexity index is 724. The lowest BCUT2D eigenvalue weighted by atomic mass is 10.1. The highest BCUT2D eigenvalue weighted by atomic mass is 16.4. The van der Waals surface area contributed by atoms with Crippen LogP contribution < -0.4 is 0 Å². The zero-order chi connectivity index (χ0) is 16.4. The van der Waals surface area contributed by atoms with Gasteiger partial charge in [-0.3, -0.25) is 9.59 Å².